The first-order chi connectivity index (χ1) is 18.8. The van der Waals surface area contributed by atoms with Gasteiger partial charge in [0.25, 0.3) is 11.7 Å². The molecule has 1 saturated heterocycles. The van der Waals surface area contributed by atoms with E-state index >= 15 is 0 Å². The van der Waals surface area contributed by atoms with E-state index in [-0.39, 0.29) is 5.56 Å². The molecule has 0 radical (unpaired) electrons. The second-order valence-electron chi connectivity index (χ2n) is 9.19. The highest BCUT2D eigenvalue weighted by molar-refractivity contribution is 6.45. The quantitative estimate of drug-likeness (QED) is 0.0819. The molecule has 1 aliphatic rings. The molecule has 1 aliphatic heterocycles. The number of hydrazine groups is 1. The Bertz CT molecular complexity index is 1620. The summed E-state index contributed by atoms with van der Waals surface area (Å²) >= 11 is 0. The molecule has 200 valence electrons. The number of H-pyrrole nitrogens is 1. The fraction of sp³-hybridized carbons (Fsp3) is 0.222. The molecule has 4 aromatic rings. The number of allylic oxidation sites excluding steroid dienone is 1. The molecule has 0 saturated carbocycles. The molecule has 1 amide bonds. The van der Waals surface area contributed by atoms with Gasteiger partial charge in [0, 0.05) is 43.5 Å². The summed E-state index contributed by atoms with van der Waals surface area (Å²) in [5, 5.41) is 3.60. The van der Waals surface area contributed by atoms with E-state index in [1.807, 2.05) is 30.3 Å². The van der Waals surface area contributed by atoms with Crippen LogP contribution in [-0.4, -0.2) is 71.2 Å². The van der Waals surface area contributed by atoms with Gasteiger partial charge in [-0.05, 0) is 18.4 Å². The fourth-order valence-electron chi connectivity index (χ4n) is 4.67. The van der Waals surface area contributed by atoms with Gasteiger partial charge in [0.05, 0.1) is 29.8 Å². The number of carbonyl (C=O) groups excluding carboxylic acids is 2. The van der Waals surface area contributed by atoms with Crippen molar-refractivity contribution in [1.29, 1.82) is 0 Å². The van der Waals surface area contributed by atoms with Gasteiger partial charge in [0.15, 0.2) is 5.82 Å². The zero-order valence-electron chi connectivity index (χ0n) is 21.7. The molecule has 0 spiro atoms. The van der Waals surface area contributed by atoms with Crippen molar-refractivity contribution in [2.75, 3.05) is 48.9 Å². The lowest BCUT2D eigenvalue weighted by molar-refractivity contribution is -0.126. The van der Waals surface area contributed by atoms with E-state index < -0.39 is 11.7 Å². The number of rotatable bonds is 7. The van der Waals surface area contributed by atoms with Crippen molar-refractivity contribution >= 4 is 57.2 Å². The van der Waals surface area contributed by atoms with E-state index in [2.05, 4.69) is 31.4 Å². The lowest BCUT2D eigenvalue weighted by atomic mass is 10.1. The van der Waals surface area contributed by atoms with Crippen molar-refractivity contribution in [2.24, 2.45) is 10.8 Å². The third-order valence-electron chi connectivity index (χ3n) is 6.57. The Kier molecular flexibility index (Phi) is 6.86. The maximum Gasteiger partial charge on any atom is 0.295 e. The molecule has 5 N–H and O–H groups in total. The second-order valence-corrected chi connectivity index (χ2v) is 9.19. The average molecular weight is 528 g/mol. The van der Waals surface area contributed by atoms with Crippen molar-refractivity contribution in [3.63, 3.8) is 0 Å². The topological polar surface area (TPSA) is 159 Å². The summed E-state index contributed by atoms with van der Waals surface area (Å²) < 4.78 is 5.45. The molecule has 0 atom stereocenters. The maximum atomic E-state index is 13.4. The van der Waals surface area contributed by atoms with E-state index in [9.17, 15) is 9.59 Å². The summed E-state index contributed by atoms with van der Waals surface area (Å²) in [5.74, 6) is 6.69. The number of ketones is 1. The van der Waals surface area contributed by atoms with Crippen molar-refractivity contribution < 1.29 is 14.3 Å². The largest absolute Gasteiger partial charge is 0.494 e. The van der Waals surface area contributed by atoms with Gasteiger partial charge in [-0.2, -0.15) is 0 Å². The standard InChI is InChI=1S/C27H29N9O3/c1-16(2)32-15-36(29)26-23-22(20(39-3)14-31-26)19(13-30-23)24(37)27(38)35-10-8-34(9-11-35)25-18-7-5-4-6-17(18)12-21(28)33-25/h4-7,12-15,30H,1,8-11,29H2,2-3H3,(H2,28,33). The number of nitrogen functional groups attached to an aromatic ring is 1. The molecular weight excluding hydrogens is 498 g/mol. The van der Waals surface area contributed by atoms with E-state index in [1.165, 1.54) is 30.9 Å². The summed E-state index contributed by atoms with van der Waals surface area (Å²) in [6.45, 7) is 7.17. The number of aromatic amines is 1. The van der Waals surface area contributed by atoms with Gasteiger partial charge in [-0.25, -0.2) is 25.8 Å². The molecule has 12 heteroatoms. The van der Waals surface area contributed by atoms with Crippen LogP contribution in [0.1, 0.15) is 17.3 Å². The third-order valence-corrected chi connectivity index (χ3v) is 6.57. The highest BCUT2D eigenvalue weighted by Gasteiger charge is 2.31. The third kappa shape index (κ3) is 4.84. The first-order valence-electron chi connectivity index (χ1n) is 12.3. The second kappa shape index (κ2) is 10.4. The van der Waals surface area contributed by atoms with Crippen molar-refractivity contribution in [1.82, 2.24) is 19.9 Å². The van der Waals surface area contributed by atoms with Crippen LogP contribution >= 0.6 is 0 Å². The van der Waals surface area contributed by atoms with Gasteiger partial charge in [0.2, 0.25) is 0 Å². The van der Waals surface area contributed by atoms with E-state index in [0.29, 0.717) is 60.2 Å². The summed E-state index contributed by atoms with van der Waals surface area (Å²) in [4.78, 5) is 46.4. The van der Waals surface area contributed by atoms with Crippen LogP contribution in [0.5, 0.6) is 5.75 Å². The van der Waals surface area contributed by atoms with Crippen molar-refractivity contribution in [3.8, 4) is 5.75 Å². The number of anilines is 3. The lowest BCUT2D eigenvalue weighted by Crippen LogP contribution is -2.51. The zero-order valence-corrected chi connectivity index (χ0v) is 21.7. The maximum absolute atomic E-state index is 13.4. The number of piperazine rings is 1. The van der Waals surface area contributed by atoms with Crippen LogP contribution in [0.15, 0.2) is 60.0 Å². The van der Waals surface area contributed by atoms with Gasteiger partial charge in [-0.3, -0.25) is 9.59 Å². The minimum absolute atomic E-state index is 0.173. The number of nitrogens with zero attached hydrogens (tertiary/aromatic N) is 6. The van der Waals surface area contributed by atoms with Crippen LogP contribution in [0, 0.1) is 0 Å². The van der Waals surface area contributed by atoms with Crippen LogP contribution in [-0.2, 0) is 4.79 Å². The van der Waals surface area contributed by atoms with Crippen molar-refractivity contribution in [2.45, 2.75) is 6.92 Å². The number of benzene rings is 1. The van der Waals surface area contributed by atoms with Crippen LogP contribution in [0.25, 0.3) is 21.7 Å². The van der Waals surface area contributed by atoms with Crippen LogP contribution in [0.3, 0.4) is 0 Å². The molecule has 5 rings (SSSR count). The number of amides is 1. The molecule has 0 unspecified atom stereocenters. The van der Waals surface area contributed by atoms with E-state index in [1.54, 1.807) is 11.8 Å². The number of hydrogen-bond donors (Lipinski definition) is 3. The molecule has 12 nitrogen and oxygen atoms in total. The average Bonchev–Trinajstić information content (AvgIpc) is 3.39. The van der Waals surface area contributed by atoms with Gasteiger partial charge >= 0.3 is 0 Å². The Hall–Kier alpha value is -4.97. The smallest absolute Gasteiger partial charge is 0.295 e. The van der Waals surface area contributed by atoms with E-state index in [0.717, 1.165) is 16.6 Å². The Morgan fingerprint density at radius 3 is 2.69 bits per heavy atom. The minimum atomic E-state index is -0.656. The zero-order chi connectivity index (χ0) is 27.7. The molecule has 4 heterocycles. The molecule has 39 heavy (non-hydrogen) atoms. The van der Waals surface area contributed by atoms with Gasteiger partial charge in [-0.1, -0.05) is 30.8 Å². The number of Topliss-reactive ketones (excluding diaryl/α,β-unsaturated/α-hetero) is 1. The number of nitrogens with one attached hydrogen (secondary N) is 1. The first-order valence-corrected chi connectivity index (χ1v) is 12.3. The number of pyridine rings is 2. The van der Waals surface area contributed by atoms with E-state index in [4.69, 9.17) is 16.3 Å². The summed E-state index contributed by atoms with van der Waals surface area (Å²) in [7, 11) is 1.47. The highest BCUT2D eigenvalue weighted by Crippen LogP contribution is 2.33. The van der Waals surface area contributed by atoms with Crippen LogP contribution < -0.4 is 26.2 Å². The van der Waals surface area contributed by atoms with Crippen molar-refractivity contribution in [3.05, 3.63) is 60.6 Å². The first kappa shape index (κ1) is 25.7. The van der Waals surface area contributed by atoms with Crippen LogP contribution in [0.4, 0.5) is 17.5 Å². The Balaban J connectivity index is 1.37. The fourth-order valence-corrected chi connectivity index (χ4v) is 4.67. The normalized spacial score (nSPS) is 13.8. The number of carbonyl (C=O) groups is 2. The number of fused-ring (bicyclic) bond motifs is 2. The Labute approximate surface area is 224 Å². The molecule has 1 aromatic carbocycles. The predicted molar refractivity (Wildman–Crippen MR) is 152 cm³/mol. The summed E-state index contributed by atoms with van der Waals surface area (Å²) in [5.41, 5.74) is 7.21. The lowest BCUT2D eigenvalue weighted by Gasteiger charge is -2.35. The highest BCUT2D eigenvalue weighted by atomic mass is 16.5. The monoisotopic (exact) mass is 527 g/mol. The SMILES string of the molecule is C=C(C)N=CN(N)c1ncc(OC)c2c(C(=O)C(=O)N3CCN(c4nc(N)cc5ccccc45)CC3)c[nH]c12. The minimum Gasteiger partial charge on any atom is -0.494 e. The predicted octanol–water partition coefficient (Wildman–Crippen LogP) is 2.48. The Morgan fingerprint density at radius 1 is 1.23 bits per heavy atom. The Morgan fingerprint density at radius 2 is 1.97 bits per heavy atom. The molecule has 0 bridgehead atoms. The summed E-state index contributed by atoms with van der Waals surface area (Å²) in [6.07, 6.45) is 4.28. The number of ether oxygens (including phenoxy) is 1. The molecule has 0 aliphatic carbocycles. The van der Waals surface area contributed by atoms with Crippen LogP contribution in [0.2, 0.25) is 0 Å². The number of nitrogens with two attached hydrogens (primary N) is 2. The number of aliphatic imine (C=N–C) groups is 1. The molecular formula is C27H29N9O3. The number of aromatic nitrogens is 3. The number of methoxy groups -OCH3 is 1. The van der Waals surface area contributed by atoms with Gasteiger partial charge < -0.3 is 25.3 Å². The van der Waals surface area contributed by atoms with Gasteiger partial charge in [-0.15, -0.1) is 0 Å². The van der Waals surface area contributed by atoms with Gasteiger partial charge in [0.1, 0.15) is 23.7 Å². The molecule has 3 aromatic heterocycles. The number of hydrogen-bond acceptors (Lipinski definition) is 9. The molecule has 1 fully saturated rings. The summed E-state index contributed by atoms with van der Waals surface area (Å²) in [6, 6.07) is 9.73.